The van der Waals surface area contributed by atoms with Crippen molar-refractivity contribution in [1.29, 1.82) is 0 Å². The Morgan fingerprint density at radius 1 is 1.10 bits per heavy atom. The molecule has 5 heteroatoms. The second kappa shape index (κ2) is 8.00. The standard InChI is InChI=1S/C25H27N3O2/c1-16-9-11-19(30-16)15-27-25(29)18-10-12-22-21(14-18)24-20(8-5-13-26-24)23(28-22)17-6-3-2-4-7-17/h2-4,6-7,9-12,14,20,23-24,26,28H,5,8,13,15H2,1H3,(H,27,29)/t20-,23?,24-/m0/s1. The summed E-state index contributed by atoms with van der Waals surface area (Å²) >= 11 is 0. The fourth-order valence-corrected chi connectivity index (χ4v) is 4.82. The van der Waals surface area contributed by atoms with Gasteiger partial charge < -0.3 is 20.4 Å². The van der Waals surface area contributed by atoms with E-state index in [0.29, 0.717) is 18.0 Å². The highest BCUT2D eigenvalue weighted by molar-refractivity contribution is 5.95. The van der Waals surface area contributed by atoms with Gasteiger partial charge in [0.2, 0.25) is 0 Å². The molecule has 2 aliphatic heterocycles. The molecule has 0 spiro atoms. The van der Waals surface area contributed by atoms with E-state index < -0.39 is 0 Å². The molecule has 154 valence electrons. The molecule has 0 bridgehead atoms. The maximum absolute atomic E-state index is 12.8. The number of furan rings is 1. The van der Waals surface area contributed by atoms with Crippen molar-refractivity contribution in [2.45, 2.75) is 38.4 Å². The van der Waals surface area contributed by atoms with Gasteiger partial charge in [0.15, 0.2) is 0 Å². The Balaban J connectivity index is 1.40. The Labute approximate surface area is 176 Å². The molecule has 2 aliphatic rings. The van der Waals surface area contributed by atoms with Crippen LogP contribution in [0, 0.1) is 12.8 Å². The van der Waals surface area contributed by atoms with Gasteiger partial charge in [-0.1, -0.05) is 30.3 Å². The second-order valence-electron chi connectivity index (χ2n) is 8.27. The smallest absolute Gasteiger partial charge is 0.251 e. The van der Waals surface area contributed by atoms with Crippen molar-refractivity contribution in [2.75, 3.05) is 11.9 Å². The fourth-order valence-electron chi connectivity index (χ4n) is 4.82. The fraction of sp³-hybridized carbons (Fsp3) is 0.320. The molecule has 5 nitrogen and oxygen atoms in total. The summed E-state index contributed by atoms with van der Waals surface area (Å²) in [4.78, 5) is 12.8. The lowest BCUT2D eigenvalue weighted by Gasteiger charge is -2.44. The van der Waals surface area contributed by atoms with E-state index in [1.165, 1.54) is 17.5 Å². The molecule has 1 aromatic heterocycles. The number of aryl methyl sites for hydroxylation is 1. The van der Waals surface area contributed by atoms with Crippen LogP contribution in [-0.2, 0) is 6.54 Å². The van der Waals surface area contributed by atoms with Crippen LogP contribution in [0.25, 0.3) is 0 Å². The summed E-state index contributed by atoms with van der Waals surface area (Å²) in [6.45, 7) is 3.30. The molecular formula is C25H27N3O2. The van der Waals surface area contributed by atoms with Crippen LogP contribution in [0.1, 0.15) is 57.9 Å². The van der Waals surface area contributed by atoms with Crippen LogP contribution in [0.5, 0.6) is 0 Å². The molecule has 0 aliphatic carbocycles. The molecule has 2 aromatic carbocycles. The number of fused-ring (bicyclic) bond motifs is 3. The lowest BCUT2D eigenvalue weighted by atomic mass is 9.75. The van der Waals surface area contributed by atoms with Gasteiger partial charge in [0, 0.05) is 23.2 Å². The van der Waals surface area contributed by atoms with E-state index in [2.05, 4.69) is 46.3 Å². The van der Waals surface area contributed by atoms with Crippen LogP contribution >= 0.6 is 0 Å². The molecule has 0 radical (unpaired) electrons. The number of hydrogen-bond donors (Lipinski definition) is 3. The van der Waals surface area contributed by atoms with Crippen molar-refractivity contribution in [3.63, 3.8) is 0 Å². The number of piperidine rings is 1. The van der Waals surface area contributed by atoms with Gasteiger partial charge in [-0.15, -0.1) is 0 Å². The summed E-state index contributed by atoms with van der Waals surface area (Å²) in [5.41, 5.74) is 4.30. The van der Waals surface area contributed by atoms with Crippen molar-refractivity contribution < 1.29 is 9.21 Å². The number of hydrogen-bond acceptors (Lipinski definition) is 4. The van der Waals surface area contributed by atoms with E-state index in [1.807, 2.05) is 37.3 Å². The van der Waals surface area contributed by atoms with Crippen molar-refractivity contribution in [3.05, 3.63) is 88.9 Å². The maximum Gasteiger partial charge on any atom is 0.251 e. The number of anilines is 1. The third kappa shape index (κ3) is 3.61. The first-order chi connectivity index (χ1) is 14.7. The van der Waals surface area contributed by atoms with Crippen LogP contribution in [0.2, 0.25) is 0 Å². The van der Waals surface area contributed by atoms with Crippen LogP contribution < -0.4 is 16.0 Å². The normalized spacial score (nSPS) is 22.5. The predicted octanol–water partition coefficient (Wildman–Crippen LogP) is 4.73. The van der Waals surface area contributed by atoms with E-state index in [9.17, 15) is 4.79 Å². The number of amides is 1. The van der Waals surface area contributed by atoms with E-state index >= 15 is 0 Å². The summed E-state index contributed by atoms with van der Waals surface area (Å²) in [6.07, 6.45) is 2.34. The summed E-state index contributed by atoms with van der Waals surface area (Å²) in [6, 6.07) is 21.0. The zero-order valence-electron chi connectivity index (χ0n) is 17.2. The molecule has 3 aromatic rings. The minimum atomic E-state index is -0.0793. The average Bonchev–Trinajstić information content (AvgIpc) is 3.22. The SMILES string of the molecule is Cc1ccc(CNC(=O)c2ccc3c(c2)[C@H]2NCCC[C@H]2C(c2ccccc2)N3)o1. The summed E-state index contributed by atoms with van der Waals surface area (Å²) in [5.74, 6) is 1.99. The van der Waals surface area contributed by atoms with E-state index in [1.54, 1.807) is 0 Å². The van der Waals surface area contributed by atoms with Crippen LogP contribution in [-0.4, -0.2) is 12.5 Å². The molecule has 5 rings (SSSR count). The Hall–Kier alpha value is -3.05. The molecule has 1 amide bonds. The lowest BCUT2D eigenvalue weighted by molar-refractivity contribution is 0.0947. The largest absolute Gasteiger partial charge is 0.465 e. The van der Waals surface area contributed by atoms with Gasteiger partial charge >= 0.3 is 0 Å². The molecule has 3 N–H and O–H groups in total. The third-order valence-electron chi connectivity index (χ3n) is 6.27. The minimum Gasteiger partial charge on any atom is -0.465 e. The van der Waals surface area contributed by atoms with Gasteiger partial charge in [0.1, 0.15) is 11.5 Å². The predicted molar refractivity (Wildman–Crippen MR) is 117 cm³/mol. The van der Waals surface area contributed by atoms with E-state index in [4.69, 9.17) is 4.42 Å². The molecule has 1 fully saturated rings. The highest BCUT2D eigenvalue weighted by Crippen LogP contribution is 2.46. The summed E-state index contributed by atoms with van der Waals surface area (Å²) < 4.78 is 5.55. The minimum absolute atomic E-state index is 0.0793. The Morgan fingerprint density at radius 2 is 1.97 bits per heavy atom. The first kappa shape index (κ1) is 18.9. The van der Waals surface area contributed by atoms with Gasteiger partial charge in [-0.25, -0.2) is 0 Å². The highest BCUT2D eigenvalue weighted by Gasteiger charge is 2.38. The quantitative estimate of drug-likeness (QED) is 0.592. The van der Waals surface area contributed by atoms with Gasteiger partial charge in [-0.2, -0.15) is 0 Å². The van der Waals surface area contributed by atoms with E-state index in [0.717, 1.165) is 30.2 Å². The van der Waals surface area contributed by atoms with Crippen molar-refractivity contribution in [1.82, 2.24) is 10.6 Å². The number of rotatable bonds is 4. The monoisotopic (exact) mass is 401 g/mol. The van der Waals surface area contributed by atoms with Gasteiger partial charge in [-0.05, 0) is 67.8 Å². The Morgan fingerprint density at radius 3 is 2.77 bits per heavy atom. The first-order valence-electron chi connectivity index (χ1n) is 10.7. The van der Waals surface area contributed by atoms with Gasteiger partial charge in [-0.3, -0.25) is 4.79 Å². The highest BCUT2D eigenvalue weighted by atomic mass is 16.3. The van der Waals surface area contributed by atoms with Crippen molar-refractivity contribution in [2.24, 2.45) is 5.92 Å². The maximum atomic E-state index is 12.8. The average molecular weight is 402 g/mol. The zero-order chi connectivity index (χ0) is 20.5. The number of nitrogens with one attached hydrogen (secondary N) is 3. The van der Waals surface area contributed by atoms with Crippen molar-refractivity contribution >= 4 is 11.6 Å². The van der Waals surface area contributed by atoms with E-state index in [-0.39, 0.29) is 18.0 Å². The molecule has 1 unspecified atom stereocenters. The zero-order valence-corrected chi connectivity index (χ0v) is 17.2. The molecular weight excluding hydrogens is 374 g/mol. The Kier molecular flexibility index (Phi) is 5.05. The number of benzene rings is 2. The Bertz CT molecular complexity index is 1040. The van der Waals surface area contributed by atoms with Crippen molar-refractivity contribution in [3.8, 4) is 0 Å². The molecule has 3 atom stereocenters. The lowest BCUT2D eigenvalue weighted by Crippen LogP contribution is -2.42. The molecule has 0 saturated carbocycles. The number of carbonyl (C=O) groups is 1. The molecule has 30 heavy (non-hydrogen) atoms. The van der Waals surface area contributed by atoms with Crippen LogP contribution in [0.15, 0.2) is 65.1 Å². The van der Waals surface area contributed by atoms with Crippen LogP contribution in [0.4, 0.5) is 5.69 Å². The second-order valence-corrected chi connectivity index (χ2v) is 8.27. The third-order valence-corrected chi connectivity index (χ3v) is 6.27. The molecule has 3 heterocycles. The number of carbonyl (C=O) groups excluding carboxylic acids is 1. The first-order valence-corrected chi connectivity index (χ1v) is 10.7. The summed E-state index contributed by atoms with van der Waals surface area (Å²) in [7, 11) is 0. The van der Waals surface area contributed by atoms with Crippen LogP contribution in [0.3, 0.4) is 0 Å². The molecule has 1 saturated heterocycles. The van der Waals surface area contributed by atoms with Gasteiger partial charge in [0.05, 0.1) is 12.6 Å². The topological polar surface area (TPSA) is 66.3 Å². The van der Waals surface area contributed by atoms with Gasteiger partial charge in [0.25, 0.3) is 5.91 Å². The summed E-state index contributed by atoms with van der Waals surface area (Å²) in [5, 5.41) is 10.4.